The van der Waals surface area contributed by atoms with Crippen molar-refractivity contribution in [3.8, 4) is 0 Å². The van der Waals surface area contributed by atoms with Gasteiger partial charge in [-0.05, 0) is 34.8 Å². The van der Waals surface area contributed by atoms with E-state index < -0.39 is 5.85 Å². The molecule has 0 saturated heterocycles. The number of hydrogen-bond acceptors (Lipinski definition) is 1. The van der Waals surface area contributed by atoms with Crippen molar-refractivity contribution in [3.63, 3.8) is 0 Å². The molecule has 0 aromatic heterocycles. The summed E-state index contributed by atoms with van der Waals surface area (Å²) in [6, 6.07) is 0. The molecule has 4 heteroatoms. The molecule has 0 aromatic carbocycles. The van der Waals surface area contributed by atoms with Crippen molar-refractivity contribution in [2.45, 2.75) is 26.7 Å². The van der Waals surface area contributed by atoms with Crippen molar-refractivity contribution in [2.75, 3.05) is 6.16 Å². The first-order chi connectivity index (χ1) is 4.42. The third-order valence-electron chi connectivity index (χ3n) is 1.20. The van der Waals surface area contributed by atoms with Gasteiger partial charge >= 0.3 is 0 Å². The van der Waals surface area contributed by atoms with Crippen molar-refractivity contribution in [1.82, 2.24) is 0 Å². The van der Waals surface area contributed by atoms with Crippen molar-refractivity contribution in [2.24, 2.45) is 5.92 Å². The van der Waals surface area contributed by atoms with E-state index in [1.54, 1.807) is 0 Å². The second kappa shape index (κ2) is 4.64. The summed E-state index contributed by atoms with van der Waals surface area (Å²) in [6.45, 7) is 4.24. The molecule has 0 aromatic rings. The second-order valence-corrected chi connectivity index (χ2v) is 8.21. The Bertz CT molecular complexity index is 130. The molecule has 0 bridgehead atoms. The molecule has 1 nitrogen and oxygen atoms in total. The highest BCUT2D eigenvalue weighted by atomic mass is 35.9. The summed E-state index contributed by atoms with van der Waals surface area (Å²) in [7, 11) is 0. The normalized spacial score (nSPS) is 12.5. The Labute approximate surface area is 72.0 Å². The summed E-state index contributed by atoms with van der Waals surface area (Å²) in [6.07, 6.45) is 2.36. The minimum atomic E-state index is -2.78. The van der Waals surface area contributed by atoms with E-state index in [0.29, 0.717) is 12.1 Å². The first kappa shape index (κ1) is 10.8. The molecule has 10 heavy (non-hydrogen) atoms. The van der Waals surface area contributed by atoms with Crippen LogP contribution >= 0.6 is 28.3 Å². The molecule has 62 valence electrons. The van der Waals surface area contributed by atoms with E-state index in [2.05, 4.69) is 13.8 Å². The van der Waals surface area contributed by atoms with E-state index in [0.717, 1.165) is 12.8 Å². The van der Waals surface area contributed by atoms with Gasteiger partial charge in [0.2, 0.25) is 0 Å². The zero-order chi connectivity index (χ0) is 8.20. The van der Waals surface area contributed by atoms with E-state index in [1.165, 1.54) is 0 Å². The highest BCUT2D eigenvalue weighted by Gasteiger charge is 2.12. The van der Waals surface area contributed by atoms with Gasteiger partial charge in [-0.25, -0.2) is 0 Å². The van der Waals surface area contributed by atoms with Crippen LogP contribution in [0.2, 0.25) is 0 Å². The van der Waals surface area contributed by atoms with Crippen LogP contribution in [0.25, 0.3) is 0 Å². The molecule has 0 N–H and O–H groups in total. The largest absolute Gasteiger partial charge is 0.289 e. The maximum absolute atomic E-state index is 10.7. The second-order valence-electron chi connectivity index (χ2n) is 2.83. The lowest BCUT2D eigenvalue weighted by Gasteiger charge is -2.03. The summed E-state index contributed by atoms with van der Waals surface area (Å²) in [5, 5.41) is 0. The van der Waals surface area contributed by atoms with Gasteiger partial charge in [0.05, 0.1) is 0 Å². The first-order valence-electron chi connectivity index (χ1n) is 3.40. The number of halogens is 2. The van der Waals surface area contributed by atoms with Gasteiger partial charge in [0, 0.05) is 6.16 Å². The molecule has 0 unspecified atom stereocenters. The molecule has 0 aliphatic rings. The molecular weight excluding hydrogens is 190 g/mol. The third-order valence-corrected chi connectivity index (χ3v) is 3.05. The third kappa shape index (κ3) is 8.81. The highest BCUT2D eigenvalue weighted by Crippen LogP contribution is 2.57. The highest BCUT2D eigenvalue weighted by molar-refractivity contribution is 8.08. The van der Waals surface area contributed by atoms with E-state index >= 15 is 0 Å². The van der Waals surface area contributed by atoms with Crippen LogP contribution in [-0.4, -0.2) is 6.16 Å². The van der Waals surface area contributed by atoms with Crippen LogP contribution < -0.4 is 0 Å². The lowest BCUT2D eigenvalue weighted by molar-refractivity contribution is 0.565. The Hall–Kier alpha value is 0.810. The van der Waals surface area contributed by atoms with Gasteiger partial charge in [-0.2, -0.15) is 0 Å². The molecule has 0 radical (unpaired) electrons. The lowest BCUT2D eigenvalue weighted by Crippen LogP contribution is -1.88. The summed E-state index contributed by atoms with van der Waals surface area (Å²) in [5.74, 6) is -2.14. The smallest absolute Gasteiger partial charge is 0.253 e. The quantitative estimate of drug-likeness (QED) is 0.628. The standard InChI is InChI=1S/C6H13Cl2OP/c1-6(2)4-3-5-10(7,8)9/h6H,3-5H2,1-2H3. The van der Waals surface area contributed by atoms with Gasteiger partial charge in [-0.15, -0.1) is 0 Å². The average Bonchev–Trinajstić information content (AvgIpc) is 1.59. The zero-order valence-corrected chi connectivity index (χ0v) is 8.72. The van der Waals surface area contributed by atoms with Crippen LogP contribution in [0, 0.1) is 5.92 Å². The average molecular weight is 203 g/mol. The molecule has 0 amide bonds. The van der Waals surface area contributed by atoms with E-state index in [1.807, 2.05) is 0 Å². The Balaban J connectivity index is 3.30. The van der Waals surface area contributed by atoms with Crippen LogP contribution in [0.3, 0.4) is 0 Å². The zero-order valence-electron chi connectivity index (χ0n) is 6.31. The van der Waals surface area contributed by atoms with Gasteiger partial charge < -0.3 is 0 Å². The van der Waals surface area contributed by atoms with Crippen molar-refractivity contribution < 1.29 is 4.57 Å². The van der Waals surface area contributed by atoms with Crippen LogP contribution in [-0.2, 0) is 4.57 Å². The molecule has 0 saturated carbocycles. The van der Waals surface area contributed by atoms with E-state index in [4.69, 9.17) is 22.5 Å². The summed E-state index contributed by atoms with van der Waals surface area (Å²) < 4.78 is 10.7. The Morgan fingerprint density at radius 1 is 1.40 bits per heavy atom. The predicted octanol–water partition coefficient (Wildman–Crippen LogP) is 4.09. The van der Waals surface area contributed by atoms with Crippen LogP contribution in [0.15, 0.2) is 0 Å². The Morgan fingerprint density at radius 2 is 1.90 bits per heavy atom. The monoisotopic (exact) mass is 202 g/mol. The van der Waals surface area contributed by atoms with Gasteiger partial charge in [0.25, 0.3) is 5.85 Å². The van der Waals surface area contributed by atoms with Crippen molar-refractivity contribution in [1.29, 1.82) is 0 Å². The predicted molar refractivity (Wildman–Crippen MR) is 48.3 cm³/mol. The SMILES string of the molecule is CC(C)CCCP(=O)(Cl)Cl. The fourth-order valence-corrected chi connectivity index (χ4v) is 1.95. The summed E-state index contributed by atoms with van der Waals surface area (Å²) in [5.41, 5.74) is 0. The Kier molecular flexibility index (Phi) is 5.02. The fraction of sp³-hybridized carbons (Fsp3) is 1.00. The van der Waals surface area contributed by atoms with Gasteiger partial charge in [0.15, 0.2) is 0 Å². The molecule has 0 spiro atoms. The van der Waals surface area contributed by atoms with Crippen LogP contribution in [0.1, 0.15) is 26.7 Å². The van der Waals surface area contributed by atoms with Gasteiger partial charge in [0.1, 0.15) is 0 Å². The van der Waals surface area contributed by atoms with E-state index in [-0.39, 0.29) is 0 Å². The molecule has 0 aliphatic heterocycles. The molecule has 0 heterocycles. The summed E-state index contributed by atoms with van der Waals surface area (Å²) >= 11 is 10.7. The minimum absolute atomic E-state index is 0.453. The van der Waals surface area contributed by atoms with Crippen LogP contribution in [0.5, 0.6) is 0 Å². The molecular formula is C6H13Cl2OP. The molecule has 0 fully saturated rings. The maximum atomic E-state index is 10.7. The minimum Gasteiger partial charge on any atom is -0.289 e. The number of rotatable bonds is 4. The topological polar surface area (TPSA) is 17.1 Å². The lowest BCUT2D eigenvalue weighted by atomic mass is 10.1. The maximum Gasteiger partial charge on any atom is 0.253 e. The fourth-order valence-electron chi connectivity index (χ4n) is 0.684. The van der Waals surface area contributed by atoms with Gasteiger partial charge in [-0.3, -0.25) is 4.57 Å². The van der Waals surface area contributed by atoms with Crippen molar-refractivity contribution in [3.05, 3.63) is 0 Å². The molecule has 0 atom stereocenters. The first-order valence-corrected chi connectivity index (χ1v) is 7.10. The van der Waals surface area contributed by atoms with Crippen LogP contribution in [0.4, 0.5) is 0 Å². The number of hydrogen-bond donors (Lipinski definition) is 0. The summed E-state index contributed by atoms with van der Waals surface area (Å²) in [4.78, 5) is 0. The Morgan fingerprint density at radius 3 is 2.20 bits per heavy atom. The molecule has 0 aliphatic carbocycles. The van der Waals surface area contributed by atoms with Gasteiger partial charge in [-0.1, -0.05) is 20.3 Å². The van der Waals surface area contributed by atoms with Crippen molar-refractivity contribution >= 4 is 28.3 Å². The molecule has 0 rings (SSSR count). The van der Waals surface area contributed by atoms with E-state index in [9.17, 15) is 4.57 Å².